The van der Waals surface area contributed by atoms with Crippen molar-refractivity contribution in [3.05, 3.63) is 16.5 Å². The van der Waals surface area contributed by atoms with Crippen molar-refractivity contribution in [1.82, 2.24) is 10.0 Å². The number of thioether (sulfide) groups is 1. The van der Waals surface area contributed by atoms with Gasteiger partial charge in [-0.3, -0.25) is 0 Å². The summed E-state index contributed by atoms with van der Waals surface area (Å²) in [6.45, 7) is 2.79. The van der Waals surface area contributed by atoms with E-state index in [1.54, 1.807) is 0 Å². The summed E-state index contributed by atoms with van der Waals surface area (Å²) in [5, 5.41) is 3.45. The first kappa shape index (κ1) is 15.8. The molecule has 0 atom stereocenters. The Kier molecular flexibility index (Phi) is 4.95. The van der Waals surface area contributed by atoms with Gasteiger partial charge >= 0.3 is 0 Å². The number of sulfonamides is 1. The maximum Gasteiger partial charge on any atom is 0.250 e. The molecule has 3 rings (SSSR count). The highest BCUT2D eigenvalue weighted by Crippen LogP contribution is 2.28. The predicted molar refractivity (Wildman–Crippen MR) is 89.6 cm³/mol. The molecule has 1 saturated carbocycles. The number of hydrogen-bond donors (Lipinski definition) is 2. The molecule has 1 aromatic rings. The van der Waals surface area contributed by atoms with Crippen molar-refractivity contribution in [3.8, 4) is 0 Å². The van der Waals surface area contributed by atoms with E-state index < -0.39 is 10.0 Å². The van der Waals surface area contributed by atoms with E-state index in [1.165, 1.54) is 24.2 Å². The standard InChI is InChI=1S/C14H22N2O2S3/c1-10-8-14(20-13(10)9-15-11-2-3-11)21(17,18)16-12-4-6-19-7-5-12/h8,11-12,15-16H,2-7,9H2,1H3. The van der Waals surface area contributed by atoms with Gasteiger partial charge in [-0.05, 0) is 55.7 Å². The van der Waals surface area contributed by atoms with Gasteiger partial charge in [-0.1, -0.05) is 0 Å². The van der Waals surface area contributed by atoms with Crippen molar-refractivity contribution in [2.24, 2.45) is 0 Å². The zero-order valence-electron chi connectivity index (χ0n) is 12.2. The van der Waals surface area contributed by atoms with Crippen LogP contribution in [0.3, 0.4) is 0 Å². The lowest BCUT2D eigenvalue weighted by atomic mass is 10.2. The molecule has 2 heterocycles. The predicted octanol–water partition coefficient (Wildman–Crippen LogP) is 2.48. The van der Waals surface area contributed by atoms with Gasteiger partial charge in [-0.2, -0.15) is 11.8 Å². The molecule has 1 saturated heterocycles. The fourth-order valence-electron chi connectivity index (χ4n) is 2.41. The molecule has 2 N–H and O–H groups in total. The van der Waals surface area contributed by atoms with E-state index in [1.807, 2.05) is 24.8 Å². The minimum Gasteiger partial charge on any atom is -0.309 e. The Hall–Kier alpha value is -0.0800. The highest BCUT2D eigenvalue weighted by Gasteiger charge is 2.25. The minimum atomic E-state index is -3.35. The second-order valence-electron chi connectivity index (χ2n) is 5.83. The van der Waals surface area contributed by atoms with Crippen molar-refractivity contribution < 1.29 is 8.42 Å². The summed E-state index contributed by atoms with van der Waals surface area (Å²) in [7, 11) is -3.35. The van der Waals surface area contributed by atoms with E-state index in [9.17, 15) is 8.42 Å². The summed E-state index contributed by atoms with van der Waals surface area (Å²) in [4.78, 5) is 1.14. The van der Waals surface area contributed by atoms with Crippen LogP contribution in [0.2, 0.25) is 0 Å². The Bertz CT molecular complexity index is 587. The summed E-state index contributed by atoms with van der Waals surface area (Å²) in [6, 6.07) is 2.56. The molecule has 4 nitrogen and oxygen atoms in total. The molecule has 2 fully saturated rings. The number of thiophene rings is 1. The lowest BCUT2D eigenvalue weighted by Gasteiger charge is -2.21. The molecule has 0 radical (unpaired) electrons. The molecular weight excluding hydrogens is 324 g/mol. The topological polar surface area (TPSA) is 58.2 Å². The summed E-state index contributed by atoms with van der Waals surface area (Å²) >= 11 is 3.31. The van der Waals surface area contributed by atoms with Gasteiger partial charge < -0.3 is 5.32 Å². The second kappa shape index (κ2) is 6.58. The van der Waals surface area contributed by atoms with Gasteiger partial charge in [-0.25, -0.2) is 13.1 Å². The molecule has 21 heavy (non-hydrogen) atoms. The maximum absolute atomic E-state index is 12.5. The average molecular weight is 347 g/mol. The first-order valence-electron chi connectivity index (χ1n) is 7.47. The zero-order chi connectivity index (χ0) is 14.9. The van der Waals surface area contributed by atoms with Gasteiger partial charge in [-0.15, -0.1) is 11.3 Å². The van der Waals surface area contributed by atoms with Crippen molar-refractivity contribution in [2.45, 2.75) is 55.4 Å². The minimum absolute atomic E-state index is 0.103. The van der Waals surface area contributed by atoms with E-state index in [0.717, 1.165) is 41.3 Å². The van der Waals surface area contributed by atoms with Crippen LogP contribution in [0.15, 0.2) is 10.3 Å². The lowest BCUT2D eigenvalue weighted by Crippen LogP contribution is -2.36. The molecule has 0 bridgehead atoms. The van der Waals surface area contributed by atoms with E-state index in [0.29, 0.717) is 10.3 Å². The largest absolute Gasteiger partial charge is 0.309 e. The first-order chi connectivity index (χ1) is 10.0. The quantitative estimate of drug-likeness (QED) is 0.831. The number of aryl methyl sites for hydroxylation is 1. The SMILES string of the molecule is Cc1cc(S(=O)(=O)NC2CCSCC2)sc1CNC1CC1. The number of nitrogens with one attached hydrogen (secondary N) is 2. The van der Waals surface area contributed by atoms with E-state index in [2.05, 4.69) is 10.0 Å². The molecule has 0 spiro atoms. The van der Waals surface area contributed by atoms with Crippen molar-refractivity contribution in [2.75, 3.05) is 11.5 Å². The van der Waals surface area contributed by atoms with Crippen LogP contribution in [0.4, 0.5) is 0 Å². The lowest BCUT2D eigenvalue weighted by molar-refractivity contribution is 0.530. The van der Waals surface area contributed by atoms with Crippen LogP contribution in [0.1, 0.15) is 36.1 Å². The molecule has 2 aliphatic rings. The molecule has 1 aliphatic heterocycles. The second-order valence-corrected chi connectivity index (χ2v) is 10.1. The molecule has 0 aromatic carbocycles. The van der Waals surface area contributed by atoms with Crippen LogP contribution in [-0.2, 0) is 16.6 Å². The summed E-state index contributed by atoms with van der Waals surface area (Å²) in [6.07, 6.45) is 4.36. The third-order valence-corrected chi connectivity index (χ3v) is 8.21. The van der Waals surface area contributed by atoms with Crippen molar-refractivity contribution in [3.63, 3.8) is 0 Å². The van der Waals surface area contributed by atoms with Gasteiger partial charge in [0, 0.05) is 23.5 Å². The van der Waals surface area contributed by atoms with Crippen LogP contribution >= 0.6 is 23.1 Å². The third kappa shape index (κ3) is 4.22. The van der Waals surface area contributed by atoms with E-state index in [4.69, 9.17) is 0 Å². The third-order valence-electron chi connectivity index (χ3n) is 3.93. The molecule has 7 heteroatoms. The Labute approximate surface area is 135 Å². The summed E-state index contributed by atoms with van der Waals surface area (Å²) in [5.41, 5.74) is 1.08. The normalized spacial score (nSPS) is 20.8. The summed E-state index contributed by atoms with van der Waals surface area (Å²) < 4.78 is 28.3. The molecular formula is C14H22N2O2S3. The molecule has 0 amide bonds. The van der Waals surface area contributed by atoms with Crippen LogP contribution in [-0.4, -0.2) is 32.0 Å². The Morgan fingerprint density at radius 2 is 1.90 bits per heavy atom. The van der Waals surface area contributed by atoms with E-state index >= 15 is 0 Å². The fraction of sp³-hybridized carbons (Fsp3) is 0.714. The number of hydrogen-bond acceptors (Lipinski definition) is 5. The zero-order valence-corrected chi connectivity index (χ0v) is 14.7. The van der Waals surface area contributed by atoms with Gasteiger partial charge in [0.15, 0.2) is 0 Å². The average Bonchev–Trinajstić information content (AvgIpc) is 3.20. The van der Waals surface area contributed by atoms with Crippen LogP contribution in [0.25, 0.3) is 0 Å². The Morgan fingerprint density at radius 3 is 2.57 bits per heavy atom. The smallest absolute Gasteiger partial charge is 0.250 e. The van der Waals surface area contributed by atoms with Crippen molar-refractivity contribution >= 4 is 33.1 Å². The molecule has 1 aromatic heterocycles. The summed E-state index contributed by atoms with van der Waals surface area (Å²) in [5.74, 6) is 2.10. The Morgan fingerprint density at radius 1 is 1.19 bits per heavy atom. The van der Waals surface area contributed by atoms with Gasteiger partial charge in [0.1, 0.15) is 4.21 Å². The van der Waals surface area contributed by atoms with Crippen LogP contribution in [0, 0.1) is 6.92 Å². The van der Waals surface area contributed by atoms with Crippen LogP contribution < -0.4 is 10.0 Å². The fourth-order valence-corrected chi connectivity index (χ4v) is 6.38. The molecule has 118 valence electrons. The monoisotopic (exact) mass is 346 g/mol. The van der Waals surface area contributed by atoms with Crippen LogP contribution in [0.5, 0.6) is 0 Å². The Balaban J connectivity index is 1.67. The van der Waals surface area contributed by atoms with E-state index in [-0.39, 0.29) is 6.04 Å². The molecule has 1 aliphatic carbocycles. The van der Waals surface area contributed by atoms with Gasteiger partial charge in [0.25, 0.3) is 0 Å². The maximum atomic E-state index is 12.5. The highest BCUT2D eigenvalue weighted by atomic mass is 32.2. The van der Waals surface area contributed by atoms with Gasteiger partial charge in [0.05, 0.1) is 0 Å². The molecule has 0 unspecified atom stereocenters. The first-order valence-corrected chi connectivity index (χ1v) is 10.9. The highest BCUT2D eigenvalue weighted by molar-refractivity contribution is 7.99. The number of rotatable bonds is 6. The van der Waals surface area contributed by atoms with Crippen molar-refractivity contribution in [1.29, 1.82) is 0 Å². The van der Waals surface area contributed by atoms with Gasteiger partial charge in [0.2, 0.25) is 10.0 Å².